The van der Waals surface area contributed by atoms with E-state index < -0.39 is 5.92 Å². The SMILES string of the molecule is C=C(C#N)C(=O)CC[C@@H](NC(=O)[C@@H](CC(=O)CCC)Cc1nc2ccc(Cl)cc2s1)[C@@H](C)CC. The number of ketones is 2. The largest absolute Gasteiger partial charge is 0.353 e. The molecule has 2 aromatic rings. The summed E-state index contributed by atoms with van der Waals surface area (Å²) < 4.78 is 0.940. The van der Waals surface area contributed by atoms with Crippen LogP contribution in [-0.2, 0) is 20.8 Å². The summed E-state index contributed by atoms with van der Waals surface area (Å²) in [5.74, 6) is -0.894. The van der Waals surface area contributed by atoms with E-state index in [9.17, 15) is 14.4 Å². The highest BCUT2D eigenvalue weighted by Gasteiger charge is 2.27. The molecule has 34 heavy (non-hydrogen) atoms. The predicted octanol–water partition coefficient (Wildman–Crippen LogP) is 5.83. The number of carbonyl (C=O) groups is 3. The van der Waals surface area contributed by atoms with Crippen LogP contribution in [-0.4, -0.2) is 28.5 Å². The van der Waals surface area contributed by atoms with E-state index in [4.69, 9.17) is 16.9 Å². The lowest BCUT2D eigenvalue weighted by Crippen LogP contribution is -2.43. The molecule has 2 rings (SSSR count). The molecule has 3 atom stereocenters. The quantitative estimate of drug-likeness (QED) is 0.259. The number of allylic oxidation sites excluding steroid dienone is 1. The minimum absolute atomic E-state index is 0.0485. The monoisotopic (exact) mass is 501 g/mol. The summed E-state index contributed by atoms with van der Waals surface area (Å²) in [6.07, 6.45) is 3.03. The number of hydrogen-bond acceptors (Lipinski definition) is 6. The lowest BCUT2D eigenvalue weighted by atomic mass is 9.91. The molecule has 0 bridgehead atoms. The van der Waals surface area contributed by atoms with Crippen LogP contribution in [0.3, 0.4) is 0 Å². The van der Waals surface area contributed by atoms with E-state index in [0.717, 1.165) is 28.1 Å². The average Bonchev–Trinajstić information content (AvgIpc) is 3.21. The van der Waals surface area contributed by atoms with Crippen molar-refractivity contribution in [3.8, 4) is 6.07 Å². The number of Topliss-reactive ketones (excluding diaryl/α,β-unsaturated/α-hetero) is 2. The number of nitrogens with one attached hydrogen (secondary N) is 1. The van der Waals surface area contributed by atoms with Crippen molar-refractivity contribution < 1.29 is 14.4 Å². The second-order valence-corrected chi connectivity index (χ2v) is 10.2. The van der Waals surface area contributed by atoms with Gasteiger partial charge in [0.2, 0.25) is 5.91 Å². The molecule has 0 saturated heterocycles. The van der Waals surface area contributed by atoms with Crippen LogP contribution in [0.4, 0.5) is 0 Å². The molecule has 1 aromatic heterocycles. The summed E-state index contributed by atoms with van der Waals surface area (Å²) in [5.41, 5.74) is 0.741. The van der Waals surface area contributed by atoms with Crippen molar-refractivity contribution in [1.29, 1.82) is 5.26 Å². The maximum atomic E-state index is 13.4. The van der Waals surface area contributed by atoms with Gasteiger partial charge in [-0.15, -0.1) is 11.3 Å². The van der Waals surface area contributed by atoms with Crippen LogP contribution < -0.4 is 5.32 Å². The standard InChI is InChI=1S/C26H32ClN3O3S/c1-5-7-20(31)12-18(13-25-29-22-9-8-19(27)14-24(22)34-25)26(33)30-21(16(3)6-2)10-11-23(32)17(4)15-28/h8-9,14,16,18,21H,4-7,10-13H2,1-3H3,(H,30,33)/t16-,18-,21+/m0/s1. The molecular formula is C26H32ClN3O3S. The molecule has 1 heterocycles. The summed E-state index contributed by atoms with van der Waals surface area (Å²) in [4.78, 5) is 42.5. The molecule has 6 nitrogen and oxygen atoms in total. The first-order valence-corrected chi connectivity index (χ1v) is 12.9. The van der Waals surface area contributed by atoms with Crippen LogP contribution in [0.15, 0.2) is 30.4 Å². The molecule has 0 aliphatic heterocycles. The van der Waals surface area contributed by atoms with Gasteiger partial charge >= 0.3 is 0 Å². The normalized spacial score (nSPS) is 13.6. The van der Waals surface area contributed by atoms with E-state index in [2.05, 4.69) is 16.9 Å². The molecule has 182 valence electrons. The van der Waals surface area contributed by atoms with Gasteiger partial charge in [-0.05, 0) is 37.0 Å². The first-order valence-electron chi connectivity index (χ1n) is 11.7. The molecule has 1 aromatic carbocycles. The summed E-state index contributed by atoms with van der Waals surface area (Å²) in [7, 11) is 0. The van der Waals surface area contributed by atoms with Gasteiger partial charge in [0.05, 0.1) is 26.7 Å². The lowest BCUT2D eigenvalue weighted by Gasteiger charge is -2.26. The van der Waals surface area contributed by atoms with Gasteiger partial charge in [-0.3, -0.25) is 14.4 Å². The van der Waals surface area contributed by atoms with Crippen molar-refractivity contribution in [3.63, 3.8) is 0 Å². The van der Waals surface area contributed by atoms with Crippen molar-refractivity contribution in [2.45, 2.75) is 71.8 Å². The predicted molar refractivity (Wildman–Crippen MR) is 137 cm³/mol. The number of benzene rings is 1. The number of amides is 1. The molecule has 0 aliphatic carbocycles. The average molecular weight is 502 g/mol. The Hall–Kier alpha value is -2.56. The third-order valence-corrected chi connectivity index (χ3v) is 7.28. The zero-order valence-corrected chi connectivity index (χ0v) is 21.6. The van der Waals surface area contributed by atoms with Crippen molar-refractivity contribution in [2.75, 3.05) is 0 Å². The van der Waals surface area contributed by atoms with Crippen molar-refractivity contribution >= 4 is 50.6 Å². The molecule has 1 amide bonds. The van der Waals surface area contributed by atoms with Crippen molar-refractivity contribution in [3.05, 3.63) is 40.4 Å². The number of rotatable bonds is 14. The van der Waals surface area contributed by atoms with Gasteiger partial charge in [-0.1, -0.05) is 45.4 Å². The second-order valence-electron chi connectivity index (χ2n) is 8.67. The Morgan fingerprint density at radius 3 is 2.65 bits per heavy atom. The Morgan fingerprint density at radius 2 is 2.00 bits per heavy atom. The number of hydrogen-bond donors (Lipinski definition) is 1. The van der Waals surface area contributed by atoms with Crippen LogP contribution in [0.25, 0.3) is 10.2 Å². The van der Waals surface area contributed by atoms with Gasteiger partial charge in [-0.2, -0.15) is 5.26 Å². The van der Waals surface area contributed by atoms with E-state index in [0.29, 0.717) is 24.3 Å². The molecular weight excluding hydrogens is 470 g/mol. The van der Waals surface area contributed by atoms with Gasteiger partial charge in [0.25, 0.3) is 0 Å². The number of aromatic nitrogens is 1. The first-order chi connectivity index (χ1) is 16.2. The third-order valence-electron chi connectivity index (χ3n) is 6.00. The summed E-state index contributed by atoms with van der Waals surface area (Å²) in [6, 6.07) is 7.01. The van der Waals surface area contributed by atoms with Crippen LogP contribution in [0, 0.1) is 23.2 Å². The van der Waals surface area contributed by atoms with Crippen LogP contribution in [0.5, 0.6) is 0 Å². The molecule has 0 saturated carbocycles. The molecule has 0 spiro atoms. The van der Waals surface area contributed by atoms with E-state index in [1.165, 1.54) is 11.3 Å². The van der Waals surface area contributed by atoms with Gasteiger partial charge < -0.3 is 5.32 Å². The van der Waals surface area contributed by atoms with Gasteiger partial charge in [-0.25, -0.2) is 4.98 Å². The van der Waals surface area contributed by atoms with Crippen molar-refractivity contribution in [1.82, 2.24) is 10.3 Å². The van der Waals surface area contributed by atoms with Crippen LogP contribution in [0.2, 0.25) is 5.02 Å². The maximum Gasteiger partial charge on any atom is 0.224 e. The highest BCUT2D eigenvalue weighted by atomic mass is 35.5. The summed E-state index contributed by atoms with van der Waals surface area (Å²) in [5, 5.41) is 13.4. The van der Waals surface area contributed by atoms with E-state index >= 15 is 0 Å². The minimum Gasteiger partial charge on any atom is -0.353 e. The van der Waals surface area contributed by atoms with E-state index in [-0.39, 0.29) is 47.8 Å². The molecule has 0 radical (unpaired) electrons. The topological polar surface area (TPSA) is 99.9 Å². The number of fused-ring (bicyclic) bond motifs is 1. The molecule has 0 fully saturated rings. The number of thiazole rings is 1. The number of nitriles is 1. The zero-order chi connectivity index (χ0) is 25.3. The molecule has 1 N–H and O–H groups in total. The smallest absolute Gasteiger partial charge is 0.224 e. The van der Waals surface area contributed by atoms with Gasteiger partial charge in [0, 0.05) is 36.7 Å². The lowest BCUT2D eigenvalue weighted by molar-refractivity contribution is -0.130. The zero-order valence-electron chi connectivity index (χ0n) is 20.0. The van der Waals surface area contributed by atoms with Crippen molar-refractivity contribution in [2.24, 2.45) is 11.8 Å². The molecule has 0 unspecified atom stereocenters. The van der Waals surface area contributed by atoms with Gasteiger partial charge in [0.15, 0.2) is 5.78 Å². The minimum atomic E-state index is -0.550. The fraction of sp³-hybridized carbons (Fsp3) is 0.500. The van der Waals surface area contributed by atoms with Crippen LogP contribution in [0.1, 0.15) is 64.3 Å². The number of nitrogens with zero attached hydrogens (tertiary/aromatic N) is 2. The molecule has 8 heteroatoms. The fourth-order valence-corrected chi connectivity index (χ4v) is 5.06. The Morgan fingerprint density at radius 1 is 1.26 bits per heavy atom. The fourth-order valence-electron chi connectivity index (χ4n) is 3.74. The van der Waals surface area contributed by atoms with E-state index in [1.54, 1.807) is 12.1 Å². The Kier molecular flexibility index (Phi) is 10.9. The highest BCUT2D eigenvalue weighted by molar-refractivity contribution is 7.18. The molecule has 0 aliphatic rings. The maximum absolute atomic E-state index is 13.4. The third kappa shape index (κ3) is 8.03. The summed E-state index contributed by atoms with van der Waals surface area (Å²) >= 11 is 7.57. The Bertz CT molecular complexity index is 1090. The highest BCUT2D eigenvalue weighted by Crippen LogP contribution is 2.28. The van der Waals surface area contributed by atoms with Gasteiger partial charge in [0.1, 0.15) is 11.9 Å². The Balaban J connectivity index is 2.20. The second kappa shape index (κ2) is 13.4. The van der Waals surface area contributed by atoms with E-state index in [1.807, 2.05) is 32.9 Å². The Labute approximate surface area is 210 Å². The van der Waals surface area contributed by atoms with Crippen LogP contribution >= 0.6 is 22.9 Å². The first kappa shape index (κ1) is 27.7. The summed E-state index contributed by atoms with van der Waals surface area (Å²) in [6.45, 7) is 9.45. The number of carbonyl (C=O) groups excluding carboxylic acids is 3. The number of halogens is 1.